The lowest BCUT2D eigenvalue weighted by Gasteiger charge is -2.18. The van der Waals surface area contributed by atoms with Crippen LogP contribution in [0, 0.1) is 0 Å². The first kappa shape index (κ1) is 16.7. The Hall–Kier alpha value is -2.63. The third-order valence-electron chi connectivity index (χ3n) is 3.70. The molecule has 1 aromatic heterocycles. The van der Waals surface area contributed by atoms with E-state index >= 15 is 0 Å². The van der Waals surface area contributed by atoms with E-state index < -0.39 is 0 Å². The third kappa shape index (κ3) is 4.67. The fourth-order valence-corrected chi connectivity index (χ4v) is 2.22. The van der Waals surface area contributed by atoms with Gasteiger partial charge in [-0.1, -0.05) is 0 Å². The SMILES string of the molecule is CC(=O)c1ccc(NC(=O)N(C)CCCc2nccn2C)cc1. The second kappa shape index (κ2) is 7.58. The van der Waals surface area contributed by atoms with E-state index in [1.807, 2.05) is 17.8 Å². The molecule has 1 heterocycles. The summed E-state index contributed by atoms with van der Waals surface area (Å²) in [4.78, 5) is 29.2. The summed E-state index contributed by atoms with van der Waals surface area (Å²) in [6.07, 6.45) is 5.36. The molecule has 0 unspecified atom stereocenters. The molecule has 0 saturated heterocycles. The van der Waals surface area contributed by atoms with E-state index in [4.69, 9.17) is 0 Å². The van der Waals surface area contributed by atoms with Crippen LogP contribution < -0.4 is 5.32 Å². The van der Waals surface area contributed by atoms with Gasteiger partial charge in [0.1, 0.15) is 5.82 Å². The Balaban J connectivity index is 1.80. The van der Waals surface area contributed by atoms with Gasteiger partial charge in [-0.25, -0.2) is 9.78 Å². The van der Waals surface area contributed by atoms with E-state index in [0.29, 0.717) is 17.8 Å². The van der Waals surface area contributed by atoms with Crippen molar-refractivity contribution in [3.63, 3.8) is 0 Å². The molecule has 6 nitrogen and oxygen atoms in total. The summed E-state index contributed by atoms with van der Waals surface area (Å²) in [5.41, 5.74) is 1.31. The van der Waals surface area contributed by atoms with Crippen LogP contribution in [0.1, 0.15) is 29.5 Å². The molecule has 1 aromatic carbocycles. The van der Waals surface area contributed by atoms with Crippen molar-refractivity contribution < 1.29 is 9.59 Å². The van der Waals surface area contributed by atoms with Crippen LogP contribution in [-0.2, 0) is 13.5 Å². The molecule has 0 fully saturated rings. The summed E-state index contributed by atoms with van der Waals surface area (Å²) < 4.78 is 1.98. The number of amides is 2. The first-order valence-corrected chi connectivity index (χ1v) is 7.56. The van der Waals surface area contributed by atoms with Gasteiger partial charge in [-0.15, -0.1) is 0 Å². The average molecular weight is 314 g/mol. The van der Waals surface area contributed by atoms with Crippen LogP contribution in [-0.4, -0.2) is 39.9 Å². The summed E-state index contributed by atoms with van der Waals surface area (Å²) >= 11 is 0. The van der Waals surface area contributed by atoms with E-state index in [2.05, 4.69) is 10.3 Å². The molecule has 1 N–H and O–H groups in total. The second-order valence-electron chi connectivity index (χ2n) is 5.54. The Labute approximate surface area is 136 Å². The van der Waals surface area contributed by atoms with Crippen LogP contribution in [0.15, 0.2) is 36.7 Å². The summed E-state index contributed by atoms with van der Waals surface area (Å²) in [6, 6.07) is 6.71. The highest BCUT2D eigenvalue weighted by Gasteiger charge is 2.09. The Morgan fingerprint density at radius 1 is 1.26 bits per heavy atom. The molecular weight excluding hydrogens is 292 g/mol. The minimum absolute atomic E-state index is 0.00859. The number of aromatic nitrogens is 2. The van der Waals surface area contributed by atoms with Crippen molar-refractivity contribution in [2.45, 2.75) is 19.8 Å². The predicted octanol–water partition coefficient (Wildman–Crippen LogP) is 2.72. The molecule has 6 heteroatoms. The molecule has 0 radical (unpaired) electrons. The maximum absolute atomic E-state index is 12.1. The third-order valence-corrected chi connectivity index (χ3v) is 3.70. The van der Waals surface area contributed by atoms with Crippen molar-refractivity contribution in [1.82, 2.24) is 14.5 Å². The molecule has 0 aliphatic heterocycles. The zero-order chi connectivity index (χ0) is 16.8. The van der Waals surface area contributed by atoms with Gasteiger partial charge in [-0.3, -0.25) is 4.79 Å². The van der Waals surface area contributed by atoms with Crippen molar-refractivity contribution in [3.8, 4) is 0 Å². The van der Waals surface area contributed by atoms with Gasteiger partial charge in [0.2, 0.25) is 0 Å². The molecule has 23 heavy (non-hydrogen) atoms. The number of imidazole rings is 1. The van der Waals surface area contributed by atoms with Gasteiger partial charge in [0.15, 0.2) is 5.78 Å². The van der Waals surface area contributed by atoms with Crippen molar-refractivity contribution in [2.24, 2.45) is 7.05 Å². The minimum atomic E-state index is -0.166. The van der Waals surface area contributed by atoms with Crippen molar-refractivity contribution in [1.29, 1.82) is 0 Å². The lowest BCUT2D eigenvalue weighted by Crippen LogP contribution is -2.32. The Morgan fingerprint density at radius 3 is 2.52 bits per heavy atom. The topological polar surface area (TPSA) is 67.2 Å². The number of benzene rings is 1. The summed E-state index contributed by atoms with van der Waals surface area (Å²) in [7, 11) is 3.72. The number of carbonyl (C=O) groups is 2. The maximum atomic E-state index is 12.1. The molecule has 2 rings (SSSR count). The highest BCUT2D eigenvalue weighted by atomic mass is 16.2. The number of Topliss-reactive ketones (excluding diaryl/α,β-unsaturated/α-hetero) is 1. The van der Waals surface area contributed by atoms with E-state index in [9.17, 15) is 9.59 Å². The molecule has 0 aliphatic rings. The predicted molar refractivity (Wildman–Crippen MR) is 89.6 cm³/mol. The van der Waals surface area contributed by atoms with Gasteiger partial charge in [-0.2, -0.15) is 0 Å². The summed E-state index contributed by atoms with van der Waals surface area (Å²) in [6.45, 7) is 2.16. The minimum Gasteiger partial charge on any atom is -0.338 e. The lowest BCUT2D eigenvalue weighted by atomic mass is 10.1. The molecule has 0 spiro atoms. The van der Waals surface area contributed by atoms with E-state index in [-0.39, 0.29) is 11.8 Å². The number of hydrogen-bond acceptors (Lipinski definition) is 3. The number of aryl methyl sites for hydroxylation is 2. The molecule has 2 aromatic rings. The zero-order valence-electron chi connectivity index (χ0n) is 13.7. The highest BCUT2D eigenvalue weighted by Crippen LogP contribution is 2.11. The molecule has 0 saturated carbocycles. The van der Waals surface area contributed by atoms with Crippen LogP contribution in [0.25, 0.3) is 0 Å². The van der Waals surface area contributed by atoms with Crippen LogP contribution in [0.2, 0.25) is 0 Å². The lowest BCUT2D eigenvalue weighted by molar-refractivity contribution is 0.101. The van der Waals surface area contributed by atoms with Crippen LogP contribution in [0.5, 0.6) is 0 Å². The fraction of sp³-hybridized carbons (Fsp3) is 0.353. The Morgan fingerprint density at radius 2 is 1.96 bits per heavy atom. The smallest absolute Gasteiger partial charge is 0.321 e. The molecule has 122 valence electrons. The summed E-state index contributed by atoms with van der Waals surface area (Å²) in [5.74, 6) is 1.02. The largest absolute Gasteiger partial charge is 0.338 e. The van der Waals surface area contributed by atoms with Crippen molar-refractivity contribution in [2.75, 3.05) is 18.9 Å². The Bertz CT molecular complexity index is 676. The molecular formula is C17H22N4O2. The van der Waals surface area contributed by atoms with Gasteiger partial charge in [0.05, 0.1) is 0 Å². The van der Waals surface area contributed by atoms with E-state index in [0.717, 1.165) is 18.7 Å². The number of carbonyl (C=O) groups excluding carboxylic acids is 2. The Kier molecular flexibility index (Phi) is 5.51. The standard InChI is InChI=1S/C17H22N4O2/c1-13(22)14-6-8-15(9-7-14)19-17(23)21(3)11-4-5-16-18-10-12-20(16)2/h6-10,12H,4-5,11H2,1-3H3,(H,19,23). The molecule has 0 bridgehead atoms. The zero-order valence-corrected chi connectivity index (χ0v) is 13.7. The van der Waals surface area contributed by atoms with Crippen molar-refractivity contribution >= 4 is 17.5 Å². The average Bonchev–Trinajstić information content (AvgIpc) is 2.93. The number of rotatable bonds is 6. The van der Waals surface area contributed by atoms with Crippen molar-refractivity contribution in [3.05, 3.63) is 48.0 Å². The normalized spacial score (nSPS) is 10.4. The summed E-state index contributed by atoms with van der Waals surface area (Å²) in [5, 5.41) is 2.82. The van der Waals surface area contributed by atoms with Crippen LogP contribution in [0.4, 0.5) is 10.5 Å². The number of hydrogen-bond donors (Lipinski definition) is 1. The number of anilines is 1. The number of ketones is 1. The number of nitrogens with zero attached hydrogens (tertiary/aromatic N) is 3. The first-order chi connectivity index (χ1) is 11.0. The second-order valence-corrected chi connectivity index (χ2v) is 5.54. The maximum Gasteiger partial charge on any atom is 0.321 e. The van der Waals surface area contributed by atoms with Gasteiger partial charge in [0.25, 0.3) is 0 Å². The number of nitrogens with one attached hydrogen (secondary N) is 1. The van der Waals surface area contributed by atoms with Gasteiger partial charge in [-0.05, 0) is 37.6 Å². The van der Waals surface area contributed by atoms with Gasteiger partial charge in [0, 0.05) is 50.7 Å². The van der Waals surface area contributed by atoms with E-state index in [1.165, 1.54) is 6.92 Å². The number of urea groups is 1. The fourth-order valence-electron chi connectivity index (χ4n) is 2.22. The van der Waals surface area contributed by atoms with Gasteiger partial charge >= 0.3 is 6.03 Å². The molecule has 2 amide bonds. The van der Waals surface area contributed by atoms with E-state index in [1.54, 1.807) is 42.4 Å². The highest BCUT2D eigenvalue weighted by molar-refractivity contribution is 5.95. The van der Waals surface area contributed by atoms with Gasteiger partial charge < -0.3 is 14.8 Å². The first-order valence-electron chi connectivity index (χ1n) is 7.56. The van der Waals surface area contributed by atoms with Crippen LogP contribution in [0.3, 0.4) is 0 Å². The monoisotopic (exact) mass is 314 g/mol. The molecule has 0 atom stereocenters. The van der Waals surface area contributed by atoms with Crippen LogP contribution >= 0.6 is 0 Å². The molecule has 0 aliphatic carbocycles. The quantitative estimate of drug-likeness (QED) is 0.834.